The Morgan fingerprint density at radius 3 is 2.48 bits per heavy atom. The van der Waals surface area contributed by atoms with E-state index in [0.717, 1.165) is 44.2 Å². The first-order valence-electron chi connectivity index (χ1n) is 10.2. The maximum Gasteiger partial charge on any atom is 0.191 e. The number of furan rings is 1. The van der Waals surface area contributed by atoms with Crippen molar-refractivity contribution in [2.45, 2.75) is 45.7 Å². The summed E-state index contributed by atoms with van der Waals surface area (Å²) in [7, 11) is 0. The lowest BCUT2D eigenvalue weighted by atomic mass is 10.1. The highest BCUT2D eigenvalue weighted by atomic mass is 16.3. The van der Waals surface area contributed by atoms with Crippen molar-refractivity contribution in [3.05, 3.63) is 59.5 Å². The quantitative estimate of drug-likeness (QED) is 0.525. The van der Waals surface area contributed by atoms with E-state index in [-0.39, 0.29) is 0 Å². The molecule has 1 aliphatic rings. The maximum atomic E-state index is 5.38. The summed E-state index contributed by atoms with van der Waals surface area (Å²) in [5.74, 6) is 1.86. The number of hydrogen-bond acceptors (Lipinski definition) is 3. The molecule has 1 fully saturated rings. The molecule has 0 unspecified atom stereocenters. The molecule has 1 aromatic heterocycles. The van der Waals surface area contributed by atoms with E-state index in [1.54, 1.807) is 6.26 Å². The highest BCUT2D eigenvalue weighted by Gasteiger charge is 2.11. The Morgan fingerprint density at radius 2 is 1.78 bits per heavy atom. The van der Waals surface area contributed by atoms with E-state index in [9.17, 15) is 0 Å². The summed E-state index contributed by atoms with van der Waals surface area (Å²) in [6.07, 6.45) is 6.32. The van der Waals surface area contributed by atoms with Gasteiger partial charge in [-0.3, -0.25) is 4.90 Å². The Morgan fingerprint density at radius 1 is 1.04 bits per heavy atom. The summed E-state index contributed by atoms with van der Waals surface area (Å²) in [6, 6.07) is 12.8. The van der Waals surface area contributed by atoms with Crippen molar-refractivity contribution < 1.29 is 4.42 Å². The molecule has 0 saturated carbocycles. The summed E-state index contributed by atoms with van der Waals surface area (Å²) >= 11 is 0. The van der Waals surface area contributed by atoms with Crippen molar-refractivity contribution in [3.8, 4) is 0 Å². The Labute approximate surface area is 162 Å². The zero-order chi connectivity index (χ0) is 18.7. The highest BCUT2D eigenvalue weighted by Crippen LogP contribution is 2.13. The van der Waals surface area contributed by atoms with Crippen LogP contribution in [0.3, 0.4) is 0 Å². The lowest BCUT2D eigenvalue weighted by Gasteiger charge is -2.14. The van der Waals surface area contributed by atoms with Gasteiger partial charge in [-0.25, -0.2) is 4.99 Å². The van der Waals surface area contributed by atoms with Crippen LogP contribution in [0, 0.1) is 0 Å². The molecule has 1 saturated heterocycles. The predicted octanol–water partition coefficient (Wildman–Crippen LogP) is 3.56. The van der Waals surface area contributed by atoms with Gasteiger partial charge < -0.3 is 15.1 Å². The van der Waals surface area contributed by atoms with E-state index < -0.39 is 0 Å². The van der Waals surface area contributed by atoms with Gasteiger partial charge in [0.2, 0.25) is 0 Å². The Kier molecular flexibility index (Phi) is 7.78. The van der Waals surface area contributed by atoms with Crippen LogP contribution in [0.5, 0.6) is 0 Å². The first kappa shape index (κ1) is 19.5. The van der Waals surface area contributed by atoms with Crippen molar-refractivity contribution >= 4 is 5.96 Å². The van der Waals surface area contributed by atoms with Crippen molar-refractivity contribution in [3.63, 3.8) is 0 Å². The lowest BCUT2D eigenvalue weighted by Crippen LogP contribution is -2.38. The molecule has 0 radical (unpaired) electrons. The third kappa shape index (κ3) is 6.75. The number of rotatable bonds is 9. The van der Waals surface area contributed by atoms with Crippen LogP contribution in [0.15, 0.2) is 52.1 Å². The van der Waals surface area contributed by atoms with Gasteiger partial charge in [0, 0.05) is 26.1 Å². The van der Waals surface area contributed by atoms with Crippen LogP contribution in [0.1, 0.15) is 43.1 Å². The molecule has 1 aliphatic heterocycles. The molecule has 0 spiro atoms. The maximum absolute atomic E-state index is 5.38. The zero-order valence-electron chi connectivity index (χ0n) is 16.4. The van der Waals surface area contributed by atoms with Gasteiger partial charge in [-0.1, -0.05) is 31.2 Å². The van der Waals surface area contributed by atoms with E-state index in [1.165, 1.54) is 37.1 Å². The first-order chi connectivity index (χ1) is 13.3. The lowest BCUT2D eigenvalue weighted by molar-refractivity contribution is 0.331. The summed E-state index contributed by atoms with van der Waals surface area (Å²) in [4.78, 5) is 7.27. The van der Waals surface area contributed by atoms with Gasteiger partial charge in [-0.15, -0.1) is 0 Å². The third-order valence-electron chi connectivity index (χ3n) is 4.83. The van der Waals surface area contributed by atoms with Crippen LogP contribution in [0.4, 0.5) is 0 Å². The second kappa shape index (κ2) is 10.8. The normalized spacial score (nSPS) is 15.2. The molecule has 2 N–H and O–H groups in total. The van der Waals surface area contributed by atoms with Crippen LogP contribution in [-0.4, -0.2) is 37.0 Å². The van der Waals surface area contributed by atoms with Gasteiger partial charge in [0.25, 0.3) is 0 Å². The molecule has 2 aromatic rings. The molecule has 1 aromatic carbocycles. The summed E-state index contributed by atoms with van der Waals surface area (Å²) in [6.45, 7) is 8.11. The fourth-order valence-corrected chi connectivity index (χ4v) is 3.30. The molecule has 2 heterocycles. The monoisotopic (exact) mass is 368 g/mol. The molecule has 0 bridgehead atoms. The largest absolute Gasteiger partial charge is 0.469 e. The summed E-state index contributed by atoms with van der Waals surface area (Å²) < 4.78 is 5.38. The van der Waals surface area contributed by atoms with Gasteiger partial charge >= 0.3 is 0 Å². The average molecular weight is 369 g/mol. The van der Waals surface area contributed by atoms with Gasteiger partial charge in [-0.2, -0.15) is 0 Å². The van der Waals surface area contributed by atoms with Gasteiger partial charge in [0.05, 0.1) is 12.8 Å². The molecular formula is C22H32N4O. The minimum absolute atomic E-state index is 0.684. The van der Waals surface area contributed by atoms with Crippen molar-refractivity contribution in [1.29, 1.82) is 0 Å². The molecule has 0 amide bonds. The fourth-order valence-electron chi connectivity index (χ4n) is 3.30. The molecule has 3 rings (SSSR count). The van der Waals surface area contributed by atoms with Crippen LogP contribution in [0.25, 0.3) is 0 Å². The number of aliphatic imine (C=N–C) groups is 1. The van der Waals surface area contributed by atoms with Crippen molar-refractivity contribution in [1.82, 2.24) is 15.5 Å². The van der Waals surface area contributed by atoms with Crippen LogP contribution < -0.4 is 10.6 Å². The van der Waals surface area contributed by atoms with Crippen LogP contribution in [-0.2, 0) is 19.5 Å². The molecule has 0 aliphatic carbocycles. The number of nitrogens with one attached hydrogen (secondary N) is 2. The fraction of sp³-hybridized carbons (Fsp3) is 0.500. The number of benzene rings is 1. The average Bonchev–Trinajstić information content (AvgIpc) is 3.39. The molecule has 5 heteroatoms. The molecule has 0 atom stereocenters. The zero-order valence-corrected chi connectivity index (χ0v) is 16.4. The Hall–Kier alpha value is -2.27. The minimum Gasteiger partial charge on any atom is -0.469 e. The molecular weight excluding hydrogens is 336 g/mol. The topological polar surface area (TPSA) is 52.8 Å². The van der Waals surface area contributed by atoms with E-state index in [0.29, 0.717) is 6.54 Å². The first-order valence-corrected chi connectivity index (χ1v) is 10.2. The van der Waals surface area contributed by atoms with E-state index in [2.05, 4.69) is 46.7 Å². The Balaban J connectivity index is 1.49. The third-order valence-corrected chi connectivity index (χ3v) is 4.83. The summed E-state index contributed by atoms with van der Waals surface area (Å²) in [5, 5.41) is 6.78. The standard InChI is InChI=1S/C22H32N4O/c1-2-12-23-22(24-13-11-21-6-5-16-27-21)25-17-19-7-9-20(10-8-19)18-26-14-3-4-15-26/h5-10,16H,2-4,11-15,17-18H2,1H3,(H2,23,24,25). The SMILES string of the molecule is CCCNC(=NCc1ccc(CN2CCCC2)cc1)NCCc1ccco1. The van der Waals surface area contributed by atoms with Crippen molar-refractivity contribution in [2.24, 2.45) is 4.99 Å². The Bertz CT molecular complexity index is 673. The van der Waals surface area contributed by atoms with Crippen LogP contribution >= 0.6 is 0 Å². The number of likely N-dealkylation sites (tertiary alicyclic amines) is 1. The number of hydrogen-bond donors (Lipinski definition) is 2. The second-order valence-electron chi connectivity index (χ2n) is 7.15. The number of nitrogens with zero attached hydrogens (tertiary/aromatic N) is 2. The second-order valence-corrected chi connectivity index (χ2v) is 7.15. The van der Waals surface area contributed by atoms with E-state index in [4.69, 9.17) is 9.41 Å². The van der Waals surface area contributed by atoms with E-state index in [1.807, 2.05) is 12.1 Å². The smallest absolute Gasteiger partial charge is 0.191 e. The molecule has 146 valence electrons. The minimum atomic E-state index is 0.684. The van der Waals surface area contributed by atoms with Crippen molar-refractivity contribution in [2.75, 3.05) is 26.2 Å². The van der Waals surface area contributed by atoms with Gasteiger partial charge in [0.1, 0.15) is 5.76 Å². The van der Waals surface area contributed by atoms with E-state index >= 15 is 0 Å². The van der Waals surface area contributed by atoms with Gasteiger partial charge in [0.15, 0.2) is 5.96 Å². The summed E-state index contributed by atoms with van der Waals surface area (Å²) in [5.41, 5.74) is 2.63. The van der Waals surface area contributed by atoms with Gasteiger partial charge in [-0.05, 0) is 55.6 Å². The number of guanidine groups is 1. The highest BCUT2D eigenvalue weighted by molar-refractivity contribution is 5.79. The molecule has 5 nitrogen and oxygen atoms in total. The van der Waals surface area contributed by atoms with Crippen LogP contribution in [0.2, 0.25) is 0 Å². The predicted molar refractivity (Wildman–Crippen MR) is 111 cm³/mol. The molecule has 27 heavy (non-hydrogen) atoms.